The second kappa shape index (κ2) is 7.63. The molecule has 1 N–H and O–H groups in total. The molecular weight excluding hydrogens is 371 g/mol. The summed E-state index contributed by atoms with van der Waals surface area (Å²) in [6, 6.07) is 14.7. The Balaban J connectivity index is 1.55. The Labute approximate surface area is 165 Å². The summed E-state index contributed by atoms with van der Waals surface area (Å²) in [6.45, 7) is 0. The lowest BCUT2D eigenvalue weighted by Gasteiger charge is -2.10. The lowest BCUT2D eigenvalue weighted by atomic mass is 10.1. The summed E-state index contributed by atoms with van der Waals surface area (Å²) in [5.41, 5.74) is 2.01. The van der Waals surface area contributed by atoms with Gasteiger partial charge >= 0.3 is 0 Å². The Hall–Kier alpha value is -3.87. The molecule has 0 radical (unpaired) electrons. The van der Waals surface area contributed by atoms with E-state index in [1.54, 1.807) is 31.3 Å². The molecular formula is C22H17FN4O2. The van der Waals surface area contributed by atoms with E-state index in [0.29, 0.717) is 34.4 Å². The van der Waals surface area contributed by atoms with E-state index < -0.39 is 5.91 Å². The van der Waals surface area contributed by atoms with Gasteiger partial charge in [-0.3, -0.25) is 9.59 Å². The Morgan fingerprint density at radius 1 is 1.07 bits per heavy atom. The highest BCUT2D eigenvalue weighted by Crippen LogP contribution is 2.18. The number of amides is 1. The number of rotatable bonds is 4. The number of hydrogen-bond donors (Lipinski definition) is 1. The Morgan fingerprint density at radius 3 is 2.48 bits per heavy atom. The number of fused-ring (bicyclic) bond motifs is 1. The van der Waals surface area contributed by atoms with Crippen LogP contribution < -0.4 is 10.9 Å². The molecule has 0 bridgehead atoms. The van der Waals surface area contributed by atoms with Crippen LogP contribution in [-0.4, -0.2) is 20.4 Å². The first-order valence-corrected chi connectivity index (χ1v) is 8.97. The summed E-state index contributed by atoms with van der Waals surface area (Å²) in [5.74, 6) is -0.154. The maximum absolute atomic E-state index is 13.0. The highest BCUT2D eigenvalue weighted by molar-refractivity contribution is 6.12. The summed E-state index contributed by atoms with van der Waals surface area (Å²) in [7, 11) is 1.67. The molecule has 0 saturated heterocycles. The molecule has 6 nitrogen and oxygen atoms in total. The number of anilines is 1. The second-order valence-electron chi connectivity index (χ2n) is 6.62. The maximum Gasteiger partial charge on any atom is 0.256 e. The summed E-state index contributed by atoms with van der Waals surface area (Å²) in [5, 5.41) is 3.42. The summed E-state index contributed by atoms with van der Waals surface area (Å²) in [4.78, 5) is 33.4. The zero-order chi connectivity index (χ0) is 20.4. The molecule has 144 valence electrons. The van der Waals surface area contributed by atoms with Gasteiger partial charge in [0.25, 0.3) is 11.5 Å². The fourth-order valence-corrected chi connectivity index (χ4v) is 3.09. The zero-order valence-corrected chi connectivity index (χ0v) is 15.6. The van der Waals surface area contributed by atoms with Crippen LogP contribution in [0.3, 0.4) is 0 Å². The van der Waals surface area contributed by atoms with E-state index in [1.807, 2.05) is 12.1 Å². The monoisotopic (exact) mass is 388 g/mol. The van der Waals surface area contributed by atoms with Crippen molar-refractivity contribution in [2.24, 2.45) is 7.05 Å². The summed E-state index contributed by atoms with van der Waals surface area (Å²) < 4.78 is 14.5. The SMILES string of the molecule is Cn1c(=O)cc(C(=O)Nc2cnc(Cc3ccc(F)cc3)nc2)c2ccccc21. The lowest BCUT2D eigenvalue weighted by Crippen LogP contribution is -2.21. The molecule has 0 aliphatic heterocycles. The number of carbonyl (C=O) groups is 1. The van der Waals surface area contributed by atoms with Gasteiger partial charge in [0.1, 0.15) is 11.6 Å². The largest absolute Gasteiger partial charge is 0.319 e. The van der Waals surface area contributed by atoms with Crippen LogP contribution in [0.1, 0.15) is 21.7 Å². The third kappa shape index (κ3) is 3.89. The number of para-hydroxylation sites is 1. The molecule has 2 aromatic carbocycles. The van der Waals surface area contributed by atoms with E-state index in [4.69, 9.17) is 0 Å². The van der Waals surface area contributed by atoms with E-state index in [1.165, 1.54) is 35.2 Å². The Bertz CT molecular complexity index is 1250. The first-order chi connectivity index (χ1) is 14.0. The summed E-state index contributed by atoms with van der Waals surface area (Å²) >= 11 is 0. The van der Waals surface area contributed by atoms with E-state index in [9.17, 15) is 14.0 Å². The van der Waals surface area contributed by atoms with Crippen molar-refractivity contribution in [1.82, 2.24) is 14.5 Å². The fourth-order valence-electron chi connectivity index (χ4n) is 3.09. The Kier molecular flexibility index (Phi) is 4.87. The van der Waals surface area contributed by atoms with Crippen LogP contribution in [0.15, 0.2) is 71.8 Å². The topological polar surface area (TPSA) is 76.9 Å². The van der Waals surface area contributed by atoms with Crippen LogP contribution in [0.2, 0.25) is 0 Å². The molecule has 0 aliphatic rings. The van der Waals surface area contributed by atoms with Gasteiger partial charge in [0, 0.05) is 24.9 Å². The van der Waals surface area contributed by atoms with Crippen LogP contribution >= 0.6 is 0 Å². The smallest absolute Gasteiger partial charge is 0.256 e. The maximum atomic E-state index is 13.0. The van der Waals surface area contributed by atoms with Crippen molar-refractivity contribution in [1.29, 1.82) is 0 Å². The molecule has 4 aromatic rings. The predicted molar refractivity (Wildman–Crippen MR) is 108 cm³/mol. The van der Waals surface area contributed by atoms with Gasteiger partial charge in [0.05, 0.1) is 29.2 Å². The average molecular weight is 388 g/mol. The molecule has 0 aliphatic carbocycles. The Morgan fingerprint density at radius 2 is 1.76 bits per heavy atom. The molecule has 7 heteroatoms. The molecule has 0 spiro atoms. The standard InChI is InChI=1S/C22H17FN4O2/c1-27-19-5-3-2-4-17(19)18(11-21(27)28)22(29)26-16-12-24-20(25-13-16)10-14-6-8-15(23)9-7-14/h2-9,11-13H,10H2,1H3,(H,26,29). The van der Waals surface area contributed by atoms with Crippen LogP contribution in [0.5, 0.6) is 0 Å². The minimum Gasteiger partial charge on any atom is -0.319 e. The van der Waals surface area contributed by atoms with Crippen molar-refractivity contribution in [2.45, 2.75) is 6.42 Å². The van der Waals surface area contributed by atoms with Gasteiger partial charge in [-0.25, -0.2) is 14.4 Å². The van der Waals surface area contributed by atoms with E-state index >= 15 is 0 Å². The number of hydrogen-bond acceptors (Lipinski definition) is 4. The minimum atomic E-state index is -0.409. The number of benzene rings is 2. The van der Waals surface area contributed by atoms with Crippen molar-refractivity contribution >= 4 is 22.5 Å². The molecule has 2 heterocycles. The van der Waals surface area contributed by atoms with Gasteiger partial charge < -0.3 is 9.88 Å². The van der Waals surface area contributed by atoms with Gasteiger partial charge in [-0.1, -0.05) is 30.3 Å². The van der Waals surface area contributed by atoms with E-state index in [0.717, 1.165) is 5.56 Å². The van der Waals surface area contributed by atoms with Gasteiger partial charge in [0.2, 0.25) is 0 Å². The second-order valence-corrected chi connectivity index (χ2v) is 6.62. The first kappa shape index (κ1) is 18.5. The minimum absolute atomic E-state index is 0.264. The third-order valence-corrected chi connectivity index (χ3v) is 4.64. The quantitative estimate of drug-likeness (QED) is 0.582. The molecule has 29 heavy (non-hydrogen) atoms. The van der Waals surface area contributed by atoms with Gasteiger partial charge in [-0.15, -0.1) is 0 Å². The van der Waals surface area contributed by atoms with E-state index in [2.05, 4.69) is 15.3 Å². The van der Waals surface area contributed by atoms with Gasteiger partial charge in [-0.05, 0) is 23.8 Å². The predicted octanol–water partition coefficient (Wildman–Crippen LogP) is 3.31. The lowest BCUT2D eigenvalue weighted by molar-refractivity contribution is 0.102. The van der Waals surface area contributed by atoms with Crippen LogP contribution in [0.4, 0.5) is 10.1 Å². The van der Waals surface area contributed by atoms with Crippen LogP contribution in [0.25, 0.3) is 10.9 Å². The zero-order valence-electron chi connectivity index (χ0n) is 15.6. The molecule has 0 fully saturated rings. The van der Waals surface area contributed by atoms with Crippen molar-refractivity contribution in [3.63, 3.8) is 0 Å². The van der Waals surface area contributed by atoms with Gasteiger partial charge in [-0.2, -0.15) is 0 Å². The fraction of sp³-hybridized carbons (Fsp3) is 0.0909. The molecule has 0 atom stereocenters. The number of carbonyl (C=O) groups excluding carboxylic acids is 1. The van der Waals surface area contributed by atoms with Crippen molar-refractivity contribution in [3.05, 3.63) is 100 Å². The molecule has 2 aromatic heterocycles. The highest BCUT2D eigenvalue weighted by Gasteiger charge is 2.14. The van der Waals surface area contributed by atoms with Crippen LogP contribution in [-0.2, 0) is 13.5 Å². The number of nitrogens with one attached hydrogen (secondary N) is 1. The number of aromatic nitrogens is 3. The highest BCUT2D eigenvalue weighted by atomic mass is 19.1. The average Bonchev–Trinajstić information content (AvgIpc) is 2.74. The molecule has 1 amide bonds. The number of pyridine rings is 1. The number of aryl methyl sites for hydroxylation is 1. The summed E-state index contributed by atoms with van der Waals surface area (Å²) in [6.07, 6.45) is 3.47. The molecule has 0 saturated carbocycles. The van der Waals surface area contributed by atoms with Gasteiger partial charge in [0.15, 0.2) is 0 Å². The number of nitrogens with zero attached hydrogens (tertiary/aromatic N) is 3. The van der Waals surface area contributed by atoms with Crippen LogP contribution in [0, 0.1) is 5.82 Å². The van der Waals surface area contributed by atoms with Crippen molar-refractivity contribution in [3.8, 4) is 0 Å². The first-order valence-electron chi connectivity index (χ1n) is 8.97. The molecule has 0 unspecified atom stereocenters. The van der Waals surface area contributed by atoms with Crippen molar-refractivity contribution < 1.29 is 9.18 Å². The normalized spacial score (nSPS) is 10.8. The van der Waals surface area contributed by atoms with E-state index in [-0.39, 0.29) is 11.4 Å². The molecule has 4 rings (SSSR count). The number of halogens is 1. The van der Waals surface area contributed by atoms with Crippen molar-refractivity contribution in [2.75, 3.05) is 5.32 Å². The third-order valence-electron chi connectivity index (χ3n) is 4.64.